The van der Waals surface area contributed by atoms with Crippen molar-refractivity contribution in [1.82, 2.24) is 10.2 Å². The Bertz CT molecular complexity index is 390. The van der Waals surface area contributed by atoms with Gasteiger partial charge in [-0.1, -0.05) is 6.42 Å². The summed E-state index contributed by atoms with van der Waals surface area (Å²) in [6.07, 6.45) is 2.35. The van der Waals surface area contributed by atoms with Crippen molar-refractivity contribution in [1.29, 1.82) is 0 Å². The maximum Gasteiger partial charge on any atom is 0.311 e. The first-order chi connectivity index (χ1) is 8.44. The van der Waals surface area contributed by atoms with Gasteiger partial charge in [0.2, 0.25) is 11.8 Å². The van der Waals surface area contributed by atoms with Crippen LogP contribution in [0.15, 0.2) is 0 Å². The van der Waals surface area contributed by atoms with Crippen LogP contribution in [0.4, 0.5) is 0 Å². The molecule has 1 saturated heterocycles. The minimum Gasteiger partial charge on any atom is -0.481 e. The molecule has 6 nitrogen and oxygen atoms in total. The van der Waals surface area contributed by atoms with E-state index in [-0.39, 0.29) is 30.7 Å². The number of hydrogen-bond donors (Lipinski definition) is 2. The van der Waals surface area contributed by atoms with E-state index in [4.69, 9.17) is 5.11 Å². The van der Waals surface area contributed by atoms with Crippen LogP contribution in [-0.4, -0.2) is 47.9 Å². The highest BCUT2D eigenvalue weighted by molar-refractivity contribution is 5.89. The molecule has 100 valence electrons. The predicted molar refractivity (Wildman–Crippen MR) is 62.7 cm³/mol. The monoisotopic (exact) mass is 254 g/mol. The summed E-state index contributed by atoms with van der Waals surface area (Å²) >= 11 is 0. The highest BCUT2D eigenvalue weighted by Crippen LogP contribution is 2.40. The van der Waals surface area contributed by atoms with E-state index in [2.05, 4.69) is 5.32 Å². The summed E-state index contributed by atoms with van der Waals surface area (Å²) in [5, 5.41) is 11.8. The first-order valence-electron chi connectivity index (χ1n) is 6.20. The average molecular weight is 254 g/mol. The number of carbonyl (C=O) groups excluding carboxylic acids is 2. The van der Waals surface area contributed by atoms with Crippen LogP contribution in [-0.2, 0) is 14.4 Å². The summed E-state index contributed by atoms with van der Waals surface area (Å²) in [4.78, 5) is 35.8. The maximum absolute atomic E-state index is 11.9. The molecule has 2 N–H and O–H groups in total. The first kappa shape index (κ1) is 12.9. The molecule has 1 atom stereocenters. The van der Waals surface area contributed by atoms with Crippen molar-refractivity contribution in [2.45, 2.75) is 25.7 Å². The molecular weight excluding hydrogens is 236 g/mol. The highest BCUT2D eigenvalue weighted by atomic mass is 16.4. The van der Waals surface area contributed by atoms with Crippen LogP contribution in [0.25, 0.3) is 0 Å². The van der Waals surface area contributed by atoms with Gasteiger partial charge in [0.15, 0.2) is 0 Å². The van der Waals surface area contributed by atoms with Crippen LogP contribution in [0.3, 0.4) is 0 Å². The Kier molecular flexibility index (Phi) is 3.28. The van der Waals surface area contributed by atoms with Crippen molar-refractivity contribution in [2.75, 3.05) is 20.1 Å². The van der Waals surface area contributed by atoms with E-state index in [0.29, 0.717) is 19.4 Å². The second-order valence-corrected chi connectivity index (χ2v) is 5.33. The fourth-order valence-electron chi connectivity index (χ4n) is 2.51. The van der Waals surface area contributed by atoms with Crippen molar-refractivity contribution in [3.8, 4) is 0 Å². The molecule has 2 aliphatic rings. The Morgan fingerprint density at radius 2 is 2.17 bits per heavy atom. The van der Waals surface area contributed by atoms with E-state index in [0.717, 1.165) is 6.42 Å². The minimum absolute atomic E-state index is 0.0354. The summed E-state index contributed by atoms with van der Waals surface area (Å²) in [6, 6.07) is 0. The second kappa shape index (κ2) is 4.59. The number of nitrogens with zero attached hydrogens (tertiary/aromatic N) is 1. The third kappa shape index (κ3) is 2.19. The van der Waals surface area contributed by atoms with Crippen LogP contribution in [0.1, 0.15) is 25.7 Å². The minimum atomic E-state index is -0.839. The fraction of sp³-hybridized carbons (Fsp3) is 0.750. The van der Waals surface area contributed by atoms with Gasteiger partial charge in [-0.25, -0.2) is 0 Å². The Hall–Kier alpha value is -1.59. The molecule has 2 amide bonds. The van der Waals surface area contributed by atoms with Crippen molar-refractivity contribution in [3.05, 3.63) is 0 Å². The van der Waals surface area contributed by atoms with Crippen molar-refractivity contribution < 1.29 is 19.5 Å². The molecule has 0 aromatic carbocycles. The number of carbonyl (C=O) groups is 3. The summed E-state index contributed by atoms with van der Waals surface area (Å²) < 4.78 is 0. The van der Waals surface area contributed by atoms with Gasteiger partial charge >= 0.3 is 5.97 Å². The van der Waals surface area contributed by atoms with Crippen molar-refractivity contribution in [2.24, 2.45) is 11.3 Å². The van der Waals surface area contributed by atoms with Gasteiger partial charge in [-0.15, -0.1) is 0 Å². The summed E-state index contributed by atoms with van der Waals surface area (Å²) in [6.45, 7) is 0.598. The molecule has 1 unspecified atom stereocenters. The SMILES string of the molecule is CN1CC(C(=O)NCC2(C(=O)O)CCC2)CC1=O. The van der Waals surface area contributed by atoms with Crippen LogP contribution in [0.2, 0.25) is 0 Å². The van der Waals surface area contributed by atoms with Gasteiger partial charge in [-0.05, 0) is 12.8 Å². The van der Waals surface area contributed by atoms with Gasteiger partial charge in [0, 0.05) is 26.6 Å². The van der Waals surface area contributed by atoms with Crippen LogP contribution in [0, 0.1) is 11.3 Å². The zero-order valence-electron chi connectivity index (χ0n) is 10.4. The third-order valence-corrected chi connectivity index (χ3v) is 4.08. The Morgan fingerprint density at radius 3 is 2.56 bits per heavy atom. The van der Waals surface area contributed by atoms with Crippen LogP contribution in [0.5, 0.6) is 0 Å². The molecule has 2 rings (SSSR count). The fourth-order valence-corrected chi connectivity index (χ4v) is 2.51. The maximum atomic E-state index is 11.9. The van der Waals surface area contributed by atoms with Gasteiger partial charge < -0.3 is 15.3 Å². The largest absolute Gasteiger partial charge is 0.481 e. The summed E-state index contributed by atoms with van der Waals surface area (Å²) in [5.41, 5.74) is -0.774. The first-order valence-corrected chi connectivity index (χ1v) is 6.20. The normalized spacial score (nSPS) is 25.7. The topological polar surface area (TPSA) is 86.7 Å². The Morgan fingerprint density at radius 1 is 1.50 bits per heavy atom. The third-order valence-electron chi connectivity index (χ3n) is 4.08. The number of nitrogens with one attached hydrogen (secondary N) is 1. The predicted octanol–water partition coefficient (Wildman–Crippen LogP) is -0.164. The molecule has 18 heavy (non-hydrogen) atoms. The Balaban J connectivity index is 1.85. The highest BCUT2D eigenvalue weighted by Gasteiger charge is 2.45. The number of amides is 2. The lowest BCUT2D eigenvalue weighted by molar-refractivity contribution is -0.154. The van der Waals surface area contributed by atoms with E-state index in [9.17, 15) is 14.4 Å². The van der Waals surface area contributed by atoms with Crippen LogP contribution < -0.4 is 5.32 Å². The number of rotatable bonds is 4. The van der Waals surface area contributed by atoms with E-state index in [1.807, 2.05) is 0 Å². The number of hydrogen-bond acceptors (Lipinski definition) is 3. The lowest BCUT2D eigenvalue weighted by Gasteiger charge is -2.37. The molecule has 1 aliphatic carbocycles. The zero-order chi connectivity index (χ0) is 13.3. The molecule has 1 heterocycles. The molecule has 1 saturated carbocycles. The van der Waals surface area contributed by atoms with Gasteiger partial charge in [0.1, 0.15) is 0 Å². The molecule has 6 heteroatoms. The van der Waals surface area contributed by atoms with E-state index >= 15 is 0 Å². The lowest BCUT2D eigenvalue weighted by Crippen LogP contribution is -2.48. The van der Waals surface area contributed by atoms with E-state index in [1.54, 1.807) is 7.05 Å². The average Bonchev–Trinajstić information content (AvgIpc) is 2.57. The van der Waals surface area contributed by atoms with Gasteiger partial charge in [-0.3, -0.25) is 14.4 Å². The van der Waals surface area contributed by atoms with Gasteiger partial charge in [0.25, 0.3) is 0 Å². The number of carboxylic acids is 1. The second-order valence-electron chi connectivity index (χ2n) is 5.33. The standard InChI is InChI=1S/C12H18N2O4/c1-14-6-8(5-9(14)15)10(16)13-7-12(11(17)18)3-2-4-12/h8H,2-7H2,1H3,(H,13,16)(H,17,18). The summed E-state index contributed by atoms with van der Waals surface area (Å²) in [7, 11) is 1.67. The molecule has 0 aromatic rings. The van der Waals surface area contributed by atoms with E-state index < -0.39 is 11.4 Å². The molecule has 0 spiro atoms. The van der Waals surface area contributed by atoms with Gasteiger partial charge in [0.05, 0.1) is 11.3 Å². The van der Waals surface area contributed by atoms with Crippen molar-refractivity contribution >= 4 is 17.8 Å². The molecule has 2 fully saturated rings. The molecule has 0 radical (unpaired) electrons. The number of likely N-dealkylation sites (tertiary alicyclic amines) is 1. The lowest BCUT2D eigenvalue weighted by atomic mass is 9.68. The van der Waals surface area contributed by atoms with Gasteiger partial charge in [-0.2, -0.15) is 0 Å². The summed E-state index contributed by atoms with van der Waals surface area (Å²) in [5.74, 6) is -1.42. The van der Waals surface area contributed by atoms with Crippen molar-refractivity contribution in [3.63, 3.8) is 0 Å². The molecule has 0 bridgehead atoms. The molecular formula is C12H18N2O4. The zero-order valence-corrected chi connectivity index (χ0v) is 10.4. The Labute approximate surface area is 105 Å². The molecule has 0 aromatic heterocycles. The van der Waals surface area contributed by atoms with E-state index in [1.165, 1.54) is 4.90 Å². The number of carboxylic acid groups (broad SMARTS) is 1. The van der Waals surface area contributed by atoms with Crippen LogP contribution >= 0.6 is 0 Å². The quantitative estimate of drug-likeness (QED) is 0.729. The molecule has 1 aliphatic heterocycles. The smallest absolute Gasteiger partial charge is 0.311 e. The number of aliphatic carboxylic acids is 1.